The molecule has 0 saturated carbocycles. The zero-order valence-corrected chi connectivity index (χ0v) is 16.9. The number of hydrogen-bond acceptors (Lipinski definition) is 8. The SMILES string of the molecule is CCc1nc(-c2ncccn2)sc1C(=O)N1CCC[C@H]1c1nc(C(C)C)no1. The number of thiazole rings is 1. The van der Waals surface area contributed by atoms with Gasteiger partial charge < -0.3 is 9.42 Å². The van der Waals surface area contributed by atoms with E-state index in [-0.39, 0.29) is 17.9 Å². The smallest absolute Gasteiger partial charge is 0.266 e. The minimum Gasteiger partial charge on any atom is -0.337 e. The number of amides is 1. The predicted octanol–water partition coefficient (Wildman–Crippen LogP) is 3.65. The highest BCUT2D eigenvalue weighted by molar-refractivity contribution is 7.17. The minimum absolute atomic E-state index is 0.0386. The van der Waals surface area contributed by atoms with E-state index in [4.69, 9.17) is 4.52 Å². The summed E-state index contributed by atoms with van der Waals surface area (Å²) in [5.74, 6) is 1.87. The van der Waals surface area contributed by atoms with Gasteiger partial charge in [-0.25, -0.2) is 15.0 Å². The Morgan fingerprint density at radius 2 is 2.11 bits per heavy atom. The largest absolute Gasteiger partial charge is 0.337 e. The molecule has 0 aliphatic carbocycles. The van der Waals surface area contributed by atoms with Crippen molar-refractivity contribution in [2.45, 2.75) is 52.0 Å². The van der Waals surface area contributed by atoms with Crippen molar-refractivity contribution in [1.29, 1.82) is 0 Å². The molecule has 1 fully saturated rings. The van der Waals surface area contributed by atoms with Gasteiger partial charge in [0.15, 0.2) is 16.7 Å². The molecule has 4 heterocycles. The highest BCUT2D eigenvalue weighted by Crippen LogP contribution is 2.35. The van der Waals surface area contributed by atoms with Gasteiger partial charge in [-0.1, -0.05) is 25.9 Å². The van der Waals surface area contributed by atoms with Crippen molar-refractivity contribution in [2.75, 3.05) is 6.54 Å². The predicted molar refractivity (Wildman–Crippen MR) is 104 cm³/mol. The third kappa shape index (κ3) is 3.42. The van der Waals surface area contributed by atoms with Crippen molar-refractivity contribution in [3.8, 4) is 10.8 Å². The topological polar surface area (TPSA) is 97.9 Å². The second-order valence-electron chi connectivity index (χ2n) is 7.02. The number of aryl methyl sites for hydroxylation is 1. The van der Waals surface area contributed by atoms with Crippen molar-refractivity contribution in [2.24, 2.45) is 0 Å². The normalized spacial score (nSPS) is 16.9. The second-order valence-corrected chi connectivity index (χ2v) is 8.02. The molecule has 9 heteroatoms. The maximum atomic E-state index is 13.4. The Bertz CT molecular complexity index is 968. The Hall–Kier alpha value is -2.68. The molecule has 1 atom stereocenters. The van der Waals surface area contributed by atoms with Gasteiger partial charge in [0.25, 0.3) is 5.91 Å². The lowest BCUT2D eigenvalue weighted by Gasteiger charge is -2.21. The quantitative estimate of drug-likeness (QED) is 0.647. The molecule has 0 aromatic carbocycles. The number of aromatic nitrogens is 5. The van der Waals surface area contributed by atoms with Crippen molar-refractivity contribution >= 4 is 17.2 Å². The molecule has 0 N–H and O–H groups in total. The molecule has 0 spiro atoms. The first-order valence-corrected chi connectivity index (χ1v) is 10.3. The van der Waals surface area contributed by atoms with Crippen LogP contribution in [0.5, 0.6) is 0 Å². The molecule has 1 aliphatic rings. The van der Waals surface area contributed by atoms with E-state index in [0.717, 1.165) is 18.5 Å². The Kier molecular flexibility index (Phi) is 5.17. The van der Waals surface area contributed by atoms with E-state index < -0.39 is 0 Å². The van der Waals surface area contributed by atoms with Gasteiger partial charge in [0.2, 0.25) is 5.89 Å². The molecule has 1 aliphatic heterocycles. The standard InChI is InChI=1S/C19H22N6O2S/c1-4-12-14(28-18(22-12)16-20-8-6-9-21-16)19(26)25-10-5-7-13(25)17-23-15(11(2)3)24-27-17/h6,8-9,11,13H,4-5,7,10H2,1-3H3/t13-/m0/s1. The maximum Gasteiger partial charge on any atom is 0.266 e. The molecule has 0 unspecified atom stereocenters. The van der Waals surface area contributed by atoms with E-state index in [0.29, 0.717) is 40.4 Å². The summed E-state index contributed by atoms with van der Waals surface area (Å²) >= 11 is 1.35. The van der Waals surface area contributed by atoms with Gasteiger partial charge in [0.1, 0.15) is 10.9 Å². The summed E-state index contributed by atoms with van der Waals surface area (Å²) in [4.78, 5) is 33.5. The minimum atomic E-state index is -0.185. The first-order valence-electron chi connectivity index (χ1n) is 9.50. The van der Waals surface area contributed by atoms with E-state index in [2.05, 4.69) is 25.1 Å². The number of rotatable bonds is 5. The van der Waals surface area contributed by atoms with Crippen molar-refractivity contribution in [1.82, 2.24) is 30.0 Å². The lowest BCUT2D eigenvalue weighted by Crippen LogP contribution is -2.30. The highest BCUT2D eigenvalue weighted by atomic mass is 32.1. The lowest BCUT2D eigenvalue weighted by molar-refractivity contribution is 0.0713. The van der Waals surface area contributed by atoms with Crippen LogP contribution in [-0.4, -0.2) is 42.4 Å². The number of likely N-dealkylation sites (tertiary alicyclic amines) is 1. The summed E-state index contributed by atoms with van der Waals surface area (Å²) in [6.07, 6.45) is 5.75. The summed E-state index contributed by atoms with van der Waals surface area (Å²) in [6, 6.07) is 1.57. The summed E-state index contributed by atoms with van der Waals surface area (Å²) in [6.45, 7) is 6.70. The fourth-order valence-corrected chi connectivity index (χ4v) is 4.34. The number of nitrogens with zero attached hydrogens (tertiary/aromatic N) is 6. The van der Waals surface area contributed by atoms with E-state index in [9.17, 15) is 4.79 Å². The molecule has 146 valence electrons. The zero-order chi connectivity index (χ0) is 19.7. The molecule has 0 radical (unpaired) electrons. The third-order valence-corrected chi connectivity index (χ3v) is 5.84. The van der Waals surface area contributed by atoms with E-state index in [1.54, 1.807) is 18.5 Å². The fourth-order valence-electron chi connectivity index (χ4n) is 3.28. The first-order chi connectivity index (χ1) is 13.6. The van der Waals surface area contributed by atoms with Crippen LogP contribution in [0.2, 0.25) is 0 Å². The van der Waals surface area contributed by atoms with Crippen LogP contribution in [0.15, 0.2) is 23.0 Å². The van der Waals surface area contributed by atoms with Gasteiger partial charge in [-0.15, -0.1) is 11.3 Å². The summed E-state index contributed by atoms with van der Waals surface area (Å²) in [5.41, 5.74) is 0.775. The zero-order valence-electron chi connectivity index (χ0n) is 16.1. The van der Waals surface area contributed by atoms with Crippen LogP contribution in [0.3, 0.4) is 0 Å². The van der Waals surface area contributed by atoms with E-state index in [1.165, 1.54) is 11.3 Å². The van der Waals surface area contributed by atoms with E-state index >= 15 is 0 Å². The average Bonchev–Trinajstić information content (AvgIpc) is 3.46. The molecule has 0 bridgehead atoms. The summed E-state index contributed by atoms with van der Waals surface area (Å²) < 4.78 is 5.47. The fraction of sp³-hybridized carbons (Fsp3) is 0.474. The molecule has 1 amide bonds. The molecular formula is C19H22N6O2S. The Labute approximate surface area is 167 Å². The maximum absolute atomic E-state index is 13.4. The van der Waals surface area contributed by atoms with Crippen LogP contribution in [0.4, 0.5) is 0 Å². The van der Waals surface area contributed by atoms with Crippen molar-refractivity contribution in [3.63, 3.8) is 0 Å². The molecule has 1 saturated heterocycles. The summed E-state index contributed by atoms with van der Waals surface area (Å²) in [5, 5.41) is 4.72. The van der Waals surface area contributed by atoms with Crippen LogP contribution >= 0.6 is 11.3 Å². The van der Waals surface area contributed by atoms with Gasteiger partial charge in [0.05, 0.1) is 5.69 Å². The van der Waals surface area contributed by atoms with Crippen LogP contribution in [0.1, 0.15) is 72.7 Å². The molecule has 4 rings (SSSR count). The van der Waals surface area contributed by atoms with Gasteiger partial charge >= 0.3 is 0 Å². The van der Waals surface area contributed by atoms with E-state index in [1.807, 2.05) is 25.7 Å². The average molecular weight is 398 g/mol. The van der Waals surface area contributed by atoms with Crippen LogP contribution in [0, 0.1) is 0 Å². The molecule has 8 nitrogen and oxygen atoms in total. The highest BCUT2D eigenvalue weighted by Gasteiger charge is 2.36. The van der Waals surface area contributed by atoms with Crippen molar-refractivity contribution in [3.05, 3.63) is 40.7 Å². The Morgan fingerprint density at radius 1 is 1.32 bits per heavy atom. The van der Waals surface area contributed by atoms with Crippen molar-refractivity contribution < 1.29 is 9.32 Å². The number of hydrogen-bond donors (Lipinski definition) is 0. The monoisotopic (exact) mass is 398 g/mol. The third-order valence-electron chi connectivity index (χ3n) is 4.76. The molecule has 3 aromatic heterocycles. The van der Waals surface area contributed by atoms with Gasteiger partial charge in [0, 0.05) is 24.9 Å². The second kappa shape index (κ2) is 7.75. The molecular weight excluding hydrogens is 376 g/mol. The van der Waals surface area contributed by atoms with Crippen LogP contribution in [0.25, 0.3) is 10.8 Å². The summed E-state index contributed by atoms with van der Waals surface area (Å²) in [7, 11) is 0. The Balaban J connectivity index is 1.63. The van der Waals surface area contributed by atoms with Gasteiger partial charge in [-0.05, 0) is 25.3 Å². The molecule has 3 aromatic rings. The Morgan fingerprint density at radius 3 is 2.79 bits per heavy atom. The molecule has 28 heavy (non-hydrogen) atoms. The lowest BCUT2D eigenvalue weighted by atomic mass is 10.2. The first kappa shape index (κ1) is 18.7. The number of carbonyl (C=O) groups excluding carboxylic acids is 1. The number of carbonyl (C=O) groups is 1. The van der Waals surface area contributed by atoms with Crippen LogP contribution < -0.4 is 0 Å². The van der Waals surface area contributed by atoms with Gasteiger partial charge in [-0.2, -0.15) is 4.98 Å². The van der Waals surface area contributed by atoms with Gasteiger partial charge in [-0.3, -0.25) is 4.79 Å². The van der Waals surface area contributed by atoms with Crippen LogP contribution in [-0.2, 0) is 6.42 Å².